The van der Waals surface area contributed by atoms with Crippen LogP contribution in [0.5, 0.6) is 5.75 Å². The van der Waals surface area contributed by atoms with Crippen molar-refractivity contribution in [3.8, 4) is 5.75 Å². The Bertz CT molecular complexity index is 704. The zero-order valence-electron chi connectivity index (χ0n) is 11.1. The van der Waals surface area contributed by atoms with E-state index in [1.807, 2.05) is 36.4 Å². The van der Waals surface area contributed by atoms with Crippen molar-refractivity contribution in [3.63, 3.8) is 0 Å². The summed E-state index contributed by atoms with van der Waals surface area (Å²) in [6, 6.07) is 14.7. The van der Waals surface area contributed by atoms with Crippen molar-refractivity contribution in [3.05, 3.63) is 70.3 Å². The Morgan fingerprint density at radius 3 is 2.57 bits per heavy atom. The Hall–Kier alpha value is -2.26. The van der Waals surface area contributed by atoms with Gasteiger partial charge in [0, 0.05) is 22.6 Å². The lowest BCUT2D eigenvalue weighted by Gasteiger charge is -2.18. The molecule has 3 nitrogen and oxygen atoms in total. The molecule has 0 aliphatic carbocycles. The van der Waals surface area contributed by atoms with Crippen LogP contribution in [-0.4, -0.2) is 11.1 Å². The quantitative estimate of drug-likeness (QED) is 0.898. The molecule has 0 radical (unpaired) electrons. The predicted octanol–water partition coefficient (Wildman–Crippen LogP) is 4.33. The van der Waals surface area contributed by atoms with Crippen molar-refractivity contribution in [1.82, 2.24) is 0 Å². The van der Waals surface area contributed by atoms with E-state index in [1.54, 1.807) is 18.2 Å². The molecule has 1 atom stereocenters. The van der Waals surface area contributed by atoms with Crippen LogP contribution in [0.4, 0.5) is 0 Å². The molecule has 1 N–H and O–H groups in total. The van der Waals surface area contributed by atoms with E-state index in [0.29, 0.717) is 22.8 Å². The highest BCUT2D eigenvalue weighted by molar-refractivity contribution is 6.30. The van der Waals surface area contributed by atoms with Gasteiger partial charge in [-0.3, -0.25) is 0 Å². The Morgan fingerprint density at radius 1 is 1.14 bits per heavy atom. The monoisotopic (exact) mass is 300 g/mol. The van der Waals surface area contributed by atoms with Gasteiger partial charge in [0.1, 0.15) is 11.9 Å². The summed E-state index contributed by atoms with van der Waals surface area (Å²) in [6.07, 6.45) is 1.65. The first-order valence-corrected chi connectivity index (χ1v) is 6.96. The third-order valence-electron chi connectivity index (χ3n) is 3.44. The largest absolute Gasteiger partial charge is 0.485 e. The van der Waals surface area contributed by atoms with E-state index in [2.05, 4.69) is 0 Å². The van der Waals surface area contributed by atoms with Crippen molar-refractivity contribution >= 4 is 23.6 Å². The second-order valence-corrected chi connectivity index (χ2v) is 5.31. The molecule has 0 fully saturated rings. The van der Waals surface area contributed by atoms with Gasteiger partial charge in [0.25, 0.3) is 0 Å². The Labute approximate surface area is 127 Å². The smallest absolute Gasteiger partial charge is 0.331 e. The third-order valence-corrected chi connectivity index (χ3v) is 3.69. The minimum atomic E-state index is -0.922. The minimum Gasteiger partial charge on any atom is -0.485 e. The number of rotatable bonds is 2. The molecule has 0 saturated carbocycles. The second-order valence-electron chi connectivity index (χ2n) is 4.87. The van der Waals surface area contributed by atoms with E-state index in [4.69, 9.17) is 16.3 Å². The number of hydrogen-bond acceptors (Lipinski definition) is 2. The van der Waals surface area contributed by atoms with Crippen LogP contribution < -0.4 is 4.74 Å². The lowest BCUT2D eigenvalue weighted by atomic mass is 10.0. The van der Waals surface area contributed by atoms with Gasteiger partial charge in [-0.1, -0.05) is 41.9 Å². The standard InChI is InChI=1S/C17H13ClO3/c18-14-7-5-11(6-8-14)16-10-13(17(19)20)9-12-3-1-2-4-15(12)21-16/h1-9,16H,10H2,(H,19,20). The van der Waals surface area contributed by atoms with Gasteiger partial charge < -0.3 is 9.84 Å². The second kappa shape index (κ2) is 5.62. The fourth-order valence-electron chi connectivity index (χ4n) is 2.36. The molecule has 106 valence electrons. The molecule has 1 unspecified atom stereocenters. The van der Waals surface area contributed by atoms with E-state index >= 15 is 0 Å². The molecule has 0 aromatic heterocycles. The van der Waals surface area contributed by atoms with Crippen molar-refractivity contribution in [2.24, 2.45) is 0 Å². The van der Waals surface area contributed by atoms with Gasteiger partial charge in [-0.05, 0) is 29.8 Å². The molecule has 0 saturated heterocycles. The van der Waals surface area contributed by atoms with Crippen LogP contribution in [0, 0.1) is 0 Å². The van der Waals surface area contributed by atoms with E-state index in [9.17, 15) is 9.90 Å². The van der Waals surface area contributed by atoms with Gasteiger partial charge in [0.05, 0.1) is 0 Å². The average Bonchev–Trinajstić information content (AvgIpc) is 2.67. The Morgan fingerprint density at radius 2 is 1.86 bits per heavy atom. The lowest BCUT2D eigenvalue weighted by molar-refractivity contribution is -0.132. The molecule has 1 aliphatic rings. The van der Waals surface area contributed by atoms with Crippen molar-refractivity contribution in [1.29, 1.82) is 0 Å². The van der Waals surface area contributed by atoms with E-state index in [-0.39, 0.29) is 6.10 Å². The molecule has 0 spiro atoms. The summed E-state index contributed by atoms with van der Waals surface area (Å²) in [5.41, 5.74) is 2.02. The molecule has 2 aromatic carbocycles. The van der Waals surface area contributed by atoms with Gasteiger partial charge in [0.2, 0.25) is 0 Å². The van der Waals surface area contributed by atoms with Crippen LogP contribution in [0.3, 0.4) is 0 Å². The highest BCUT2D eigenvalue weighted by atomic mass is 35.5. The van der Waals surface area contributed by atoms with E-state index < -0.39 is 5.97 Å². The predicted molar refractivity (Wildman–Crippen MR) is 81.5 cm³/mol. The SMILES string of the molecule is O=C(O)C1=Cc2ccccc2OC(c2ccc(Cl)cc2)C1. The number of hydrogen-bond donors (Lipinski definition) is 1. The van der Waals surface area contributed by atoms with Crippen molar-refractivity contribution in [2.75, 3.05) is 0 Å². The van der Waals surface area contributed by atoms with Crippen molar-refractivity contribution in [2.45, 2.75) is 12.5 Å². The fourth-order valence-corrected chi connectivity index (χ4v) is 2.49. The number of halogens is 1. The molecule has 2 aromatic rings. The number of aliphatic carboxylic acids is 1. The summed E-state index contributed by atoms with van der Waals surface area (Å²) in [4.78, 5) is 11.4. The van der Waals surface area contributed by atoms with E-state index in [1.165, 1.54) is 0 Å². The maximum absolute atomic E-state index is 11.4. The molecular formula is C17H13ClO3. The summed E-state index contributed by atoms with van der Waals surface area (Å²) in [7, 11) is 0. The molecule has 0 amide bonds. The molecule has 0 bridgehead atoms. The van der Waals surface area contributed by atoms with Crippen LogP contribution in [0.25, 0.3) is 6.08 Å². The van der Waals surface area contributed by atoms with Gasteiger partial charge in [-0.2, -0.15) is 0 Å². The van der Waals surface area contributed by atoms with E-state index in [0.717, 1.165) is 11.1 Å². The topological polar surface area (TPSA) is 46.5 Å². The Kier molecular flexibility index (Phi) is 3.67. The number of benzene rings is 2. The van der Waals surface area contributed by atoms with Gasteiger partial charge in [-0.15, -0.1) is 0 Å². The number of fused-ring (bicyclic) bond motifs is 1. The Balaban J connectivity index is 2.03. The summed E-state index contributed by atoms with van der Waals surface area (Å²) in [5.74, 6) is -0.233. The summed E-state index contributed by atoms with van der Waals surface area (Å²) in [5, 5.41) is 9.99. The normalized spacial score (nSPS) is 17.2. The first-order chi connectivity index (χ1) is 10.1. The van der Waals surface area contributed by atoms with Crippen LogP contribution in [0.2, 0.25) is 5.02 Å². The van der Waals surface area contributed by atoms with Gasteiger partial charge in [-0.25, -0.2) is 4.79 Å². The molecule has 21 heavy (non-hydrogen) atoms. The number of para-hydroxylation sites is 1. The van der Waals surface area contributed by atoms with Gasteiger partial charge in [0.15, 0.2) is 0 Å². The van der Waals surface area contributed by atoms with Gasteiger partial charge >= 0.3 is 5.97 Å². The number of carbonyl (C=O) groups is 1. The summed E-state index contributed by atoms with van der Waals surface area (Å²) >= 11 is 5.90. The zero-order chi connectivity index (χ0) is 14.8. The average molecular weight is 301 g/mol. The number of carboxylic acid groups (broad SMARTS) is 1. The molecule has 1 aliphatic heterocycles. The molecule has 4 heteroatoms. The van der Waals surface area contributed by atoms with Crippen LogP contribution in [0.15, 0.2) is 54.1 Å². The number of carboxylic acids is 1. The van der Waals surface area contributed by atoms with Crippen LogP contribution >= 0.6 is 11.6 Å². The first kappa shape index (κ1) is 13.7. The highest BCUT2D eigenvalue weighted by Gasteiger charge is 2.23. The zero-order valence-corrected chi connectivity index (χ0v) is 11.9. The van der Waals surface area contributed by atoms with Crippen LogP contribution in [0.1, 0.15) is 23.7 Å². The fraction of sp³-hybridized carbons (Fsp3) is 0.118. The molecule has 1 heterocycles. The lowest BCUT2D eigenvalue weighted by Crippen LogP contribution is -2.10. The first-order valence-electron chi connectivity index (χ1n) is 6.58. The maximum Gasteiger partial charge on any atom is 0.331 e. The highest BCUT2D eigenvalue weighted by Crippen LogP contribution is 2.35. The van der Waals surface area contributed by atoms with Crippen LogP contribution in [-0.2, 0) is 4.79 Å². The van der Waals surface area contributed by atoms with Crippen molar-refractivity contribution < 1.29 is 14.6 Å². The number of ether oxygens (including phenoxy) is 1. The molecule has 3 rings (SSSR count). The summed E-state index contributed by atoms with van der Waals surface area (Å²) < 4.78 is 6.00. The summed E-state index contributed by atoms with van der Waals surface area (Å²) in [6.45, 7) is 0. The minimum absolute atomic E-state index is 0.311. The third kappa shape index (κ3) is 2.93. The maximum atomic E-state index is 11.4. The molecular weight excluding hydrogens is 288 g/mol.